The molecule has 0 aromatic heterocycles. The SMILES string of the molecule is CC(=O)Oc1c(C)c(C)c2c(c1C)CC(CC(=O)OCCN1CCN(C)CC1)O2. The van der Waals surface area contributed by atoms with Crippen molar-refractivity contribution in [3.63, 3.8) is 0 Å². The largest absolute Gasteiger partial charge is 0.489 e. The number of carbonyl (C=O) groups is 2. The van der Waals surface area contributed by atoms with Crippen LogP contribution in [0.2, 0.25) is 0 Å². The van der Waals surface area contributed by atoms with Crippen LogP contribution in [0, 0.1) is 20.8 Å². The number of benzene rings is 1. The standard InChI is InChI=1S/C22H32N2O5/c1-14-15(2)22-19(16(3)21(14)28-17(4)25)12-18(29-22)13-20(26)27-11-10-24-8-6-23(5)7-9-24/h18H,6-13H2,1-5H3. The van der Waals surface area contributed by atoms with Gasteiger partial charge in [-0.1, -0.05) is 0 Å². The average molecular weight is 405 g/mol. The monoisotopic (exact) mass is 404 g/mol. The zero-order chi connectivity index (χ0) is 21.1. The highest BCUT2D eigenvalue weighted by Crippen LogP contribution is 2.43. The molecule has 7 heteroatoms. The quantitative estimate of drug-likeness (QED) is 0.531. The number of ether oxygens (including phenoxy) is 3. The summed E-state index contributed by atoms with van der Waals surface area (Å²) in [4.78, 5) is 28.4. The molecule has 0 saturated carbocycles. The van der Waals surface area contributed by atoms with E-state index in [1.54, 1.807) is 0 Å². The minimum atomic E-state index is -0.338. The van der Waals surface area contributed by atoms with Gasteiger partial charge in [0.25, 0.3) is 0 Å². The molecule has 0 spiro atoms. The fourth-order valence-electron chi connectivity index (χ4n) is 4.01. The summed E-state index contributed by atoms with van der Waals surface area (Å²) < 4.78 is 17.0. The zero-order valence-electron chi connectivity index (χ0n) is 18.2. The van der Waals surface area contributed by atoms with Gasteiger partial charge in [0, 0.05) is 51.6 Å². The second-order valence-electron chi connectivity index (χ2n) is 8.12. The Kier molecular flexibility index (Phi) is 6.80. The average Bonchev–Trinajstić information content (AvgIpc) is 3.09. The predicted molar refractivity (Wildman–Crippen MR) is 110 cm³/mol. The molecule has 0 amide bonds. The van der Waals surface area contributed by atoms with E-state index in [1.165, 1.54) is 6.92 Å². The Morgan fingerprint density at radius 1 is 1.07 bits per heavy atom. The third-order valence-corrected chi connectivity index (χ3v) is 5.93. The number of carbonyl (C=O) groups excluding carboxylic acids is 2. The van der Waals surface area contributed by atoms with Gasteiger partial charge in [0.15, 0.2) is 0 Å². The molecule has 2 aliphatic rings. The van der Waals surface area contributed by atoms with E-state index in [-0.39, 0.29) is 24.5 Å². The van der Waals surface area contributed by atoms with Crippen LogP contribution in [0.4, 0.5) is 0 Å². The van der Waals surface area contributed by atoms with Crippen LogP contribution < -0.4 is 9.47 Å². The molecule has 2 heterocycles. The van der Waals surface area contributed by atoms with Crippen LogP contribution in [0.5, 0.6) is 11.5 Å². The molecule has 1 aromatic rings. The van der Waals surface area contributed by atoms with Gasteiger partial charge in [0.1, 0.15) is 24.2 Å². The number of nitrogens with zero attached hydrogens (tertiary/aromatic N) is 2. The highest BCUT2D eigenvalue weighted by Gasteiger charge is 2.31. The van der Waals surface area contributed by atoms with Crippen molar-refractivity contribution >= 4 is 11.9 Å². The van der Waals surface area contributed by atoms with Gasteiger partial charge in [-0.2, -0.15) is 0 Å². The fourth-order valence-corrected chi connectivity index (χ4v) is 4.01. The van der Waals surface area contributed by atoms with Gasteiger partial charge >= 0.3 is 11.9 Å². The van der Waals surface area contributed by atoms with Gasteiger partial charge in [-0.25, -0.2) is 0 Å². The molecule has 3 rings (SSSR count). The Morgan fingerprint density at radius 2 is 1.76 bits per heavy atom. The third kappa shape index (κ3) is 5.08. The second kappa shape index (κ2) is 9.13. The fraction of sp³-hybridized carbons (Fsp3) is 0.636. The Hall–Kier alpha value is -2.12. The van der Waals surface area contributed by atoms with E-state index >= 15 is 0 Å². The summed E-state index contributed by atoms with van der Waals surface area (Å²) in [5, 5.41) is 0. The van der Waals surface area contributed by atoms with Gasteiger partial charge in [-0.05, 0) is 44.5 Å². The van der Waals surface area contributed by atoms with Crippen LogP contribution in [-0.4, -0.2) is 74.2 Å². The summed E-state index contributed by atoms with van der Waals surface area (Å²) in [5.74, 6) is 0.845. The molecule has 0 N–H and O–H groups in total. The van der Waals surface area contributed by atoms with E-state index in [0.717, 1.165) is 60.7 Å². The first kappa shape index (κ1) is 21.6. The zero-order valence-corrected chi connectivity index (χ0v) is 18.2. The van der Waals surface area contributed by atoms with Gasteiger partial charge < -0.3 is 19.1 Å². The maximum Gasteiger partial charge on any atom is 0.309 e. The first-order valence-electron chi connectivity index (χ1n) is 10.3. The van der Waals surface area contributed by atoms with E-state index in [9.17, 15) is 9.59 Å². The molecule has 1 unspecified atom stereocenters. The van der Waals surface area contributed by atoms with Crippen molar-refractivity contribution in [2.75, 3.05) is 46.4 Å². The van der Waals surface area contributed by atoms with Crippen molar-refractivity contribution in [1.82, 2.24) is 9.80 Å². The summed E-state index contributed by atoms with van der Waals surface area (Å²) in [6, 6.07) is 0. The van der Waals surface area contributed by atoms with Gasteiger partial charge in [-0.3, -0.25) is 14.5 Å². The van der Waals surface area contributed by atoms with Crippen molar-refractivity contribution in [3.8, 4) is 11.5 Å². The van der Waals surface area contributed by atoms with Crippen LogP contribution in [0.1, 0.15) is 35.6 Å². The predicted octanol–water partition coefficient (Wildman–Crippen LogP) is 2.02. The van der Waals surface area contributed by atoms with Crippen molar-refractivity contribution < 1.29 is 23.8 Å². The minimum Gasteiger partial charge on any atom is -0.489 e. The summed E-state index contributed by atoms with van der Waals surface area (Å²) in [6.07, 6.45) is 0.591. The highest BCUT2D eigenvalue weighted by atomic mass is 16.5. The molecule has 0 aliphatic carbocycles. The lowest BCUT2D eigenvalue weighted by atomic mass is 9.95. The molecule has 1 aromatic carbocycles. The number of hydrogen-bond acceptors (Lipinski definition) is 7. The molecule has 0 bridgehead atoms. The maximum atomic E-state index is 12.3. The molecule has 0 radical (unpaired) electrons. The van der Waals surface area contributed by atoms with Gasteiger partial charge in [0.2, 0.25) is 0 Å². The molecule has 2 aliphatic heterocycles. The highest BCUT2D eigenvalue weighted by molar-refractivity contribution is 5.73. The maximum absolute atomic E-state index is 12.3. The molecule has 160 valence electrons. The Labute approximate surface area is 172 Å². The van der Waals surface area contributed by atoms with Crippen molar-refractivity contribution in [2.24, 2.45) is 0 Å². The molecule has 1 atom stereocenters. The molecule has 1 fully saturated rings. The Morgan fingerprint density at radius 3 is 2.41 bits per heavy atom. The topological polar surface area (TPSA) is 68.3 Å². The second-order valence-corrected chi connectivity index (χ2v) is 8.12. The molecular formula is C22H32N2O5. The summed E-state index contributed by atoms with van der Waals surface area (Å²) >= 11 is 0. The molecule has 1 saturated heterocycles. The Bertz CT molecular complexity index is 784. The summed E-state index contributed by atoms with van der Waals surface area (Å²) in [6.45, 7) is 12.5. The lowest BCUT2D eigenvalue weighted by Crippen LogP contribution is -2.45. The lowest BCUT2D eigenvalue weighted by Gasteiger charge is -2.32. The van der Waals surface area contributed by atoms with Gasteiger partial charge in [0.05, 0.1) is 6.42 Å². The third-order valence-electron chi connectivity index (χ3n) is 5.93. The molecule has 29 heavy (non-hydrogen) atoms. The Balaban J connectivity index is 1.53. The number of rotatable bonds is 6. The molecular weight excluding hydrogens is 372 g/mol. The van der Waals surface area contributed by atoms with Crippen molar-refractivity contribution in [3.05, 3.63) is 22.3 Å². The van der Waals surface area contributed by atoms with Crippen LogP contribution in [0.25, 0.3) is 0 Å². The van der Waals surface area contributed by atoms with E-state index in [2.05, 4.69) is 16.8 Å². The van der Waals surface area contributed by atoms with Crippen molar-refractivity contribution in [2.45, 2.75) is 46.6 Å². The minimum absolute atomic E-state index is 0.220. The van der Waals surface area contributed by atoms with E-state index in [1.807, 2.05) is 20.8 Å². The number of fused-ring (bicyclic) bond motifs is 1. The van der Waals surface area contributed by atoms with Crippen LogP contribution >= 0.6 is 0 Å². The smallest absolute Gasteiger partial charge is 0.309 e. The lowest BCUT2D eigenvalue weighted by molar-refractivity contribution is -0.145. The molecule has 7 nitrogen and oxygen atoms in total. The first-order chi connectivity index (χ1) is 13.8. The summed E-state index contributed by atoms with van der Waals surface area (Å²) in [7, 11) is 2.12. The van der Waals surface area contributed by atoms with E-state index in [0.29, 0.717) is 18.8 Å². The van der Waals surface area contributed by atoms with Crippen LogP contribution in [0.3, 0.4) is 0 Å². The number of esters is 2. The van der Waals surface area contributed by atoms with E-state index < -0.39 is 0 Å². The number of likely N-dealkylation sites (N-methyl/N-ethyl adjacent to an activating group) is 1. The normalized spacial score (nSPS) is 19.6. The number of piperazine rings is 1. The number of hydrogen-bond donors (Lipinski definition) is 0. The van der Waals surface area contributed by atoms with Crippen molar-refractivity contribution in [1.29, 1.82) is 0 Å². The van der Waals surface area contributed by atoms with E-state index in [4.69, 9.17) is 14.2 Å². The summed E-state index contributed by atoms with van der Waals surface area (Å²) in [5.41, 5.74) is 3.77. The first-order valence-corrected chi connectivity index (χ1v) is 10.3. The van der Waals surface area contributed by atoms with Gasteiger partial charge in [-0.15, -0.1) is 0 Å². The van der Waals surface area contributed by atoms with Crippen LogP contribution in [-0.2, 0) is 20.7 Å². The van der Waals surface area contributed by atoms with Crippen LogP contribution in [0.15, 0.2) is 0 Å².